The minimum Gasteiger partial charge on any atom is -0.355 e. The van der Waals surface area contributed by atoms with E-state index in [0.29, 0.717) is 5.56 Å². The van der Waals surface area contributed by atoms with E-state index < -0.39 is 0 Å². The van der Waals surface area contributed by atoms with Crippen LogP contribution in [0.1, 0.15) is 5.56 Å². The van der Waals surface area contributed by atoms with Crippen molar-refractivity contribution in [2.24, 2.45) is 0 Å². The molecule has 18 heavy (non-hydrogen) atoms. The molecule has 0 unspecified atom stereocenters. The van der Waals surface area contributed by atoms with Gasteiger partial charge in [0.25, 0.3) is 0 Å². The average molecular weight is 253 g/mol. The first kappa shape index (κ1) is 10.9. The standard InChI is InChI=1S/C15H9ClN2/c16-13-4-2-11(3-5-13)15-8-12-7-10(9-17)1-6-14(12)18-15/h1-8,18H. The van der Waals surface area contributed by atoms with Crippen LogP contribution in [0, 0.1) is 11.3 Å². The second kappa shape index (κ2) is 4.21. The van der Waals surface area contributed by atoms with Crippen LogP contribution in [0.25, 0.3) is 22.2 Å². The molecule has 0 saturated carbocycles. The van der Waals surface area contributed by atoms with Gasteiger partial charge in [0.15, 0.2) is 0 Å². The van der Waals surface area contributed by atoms with Gasteiger partial charge in [-0.05, 0) is 42.0 Å². The number of aromatic nitrogens is 1. The highest BCUT2D eigenvalue weighted by molar-refractivity contribution is 6.30. The van der Waals surface area contributed by atoms with Gasteiger partial charge in [-0.2, -0.15) is 5.26 Å². The molecule has 1 heterocycles. The van der Waals surface area contributed by atoms with Crippen LogP contribution in [0.5, 0.6) is 0 Å². The van der Waals surface area contributed by atoms with E-state index >= 15 is 0 Å². The van der Waals surface area contributed by atoms with Crippen LogP contribution in [-0.2, 0) is 0 Å². The molecule has 3 heteroatoms. The van der Waals surface area contributed by atoms with Crippen molar-refractivity contribution in [2.75, 3.05) is 0 Å². The van der Waals surface area contributed by atoms with Crippen molar-refractivity contribution < 1.29 is 0 Å². The van der Waals surface area contributed by atoms with Crippen molar-refractivity contribution >= 4 is 22.5 Å². The highest BCUT2D eigenvalue weighted by Gasteiger charge is 2.04. The molecule has 0 amide bonds. The molecule has 2 nitrogen and oxygen atoms in total. The van der Waals surface area contributed by atoms with Crippen molar-refractivity contribution in [3.05, 3.63) is 59.1 Å². The number of nitriles is 1. The van der Waals surface area contributed by atoms with Crippen LogP contribution in [-0.4, -0.2) is 4.98 Å². The Bertz CT molecular complexity index is 748. The topological polar surface area (TPSA) is 39.6 Å². The molecule has 2 aromatic carbocycles. The smallest absolute Gasteiger partial charge is 0.0991 e. The third-order valence-corrected chi connectivity index (χ3v) is 3.16. The third kappa shape index (κ3) is 1.85. The quantitative estimate of drug-likeness (QED) is 0.687. The molecule has 0 radical (unpaired) electrons. The molecule has 0 spiro atoms. The fourth-order valence-corrected chi connectivity index (χ4v) is 2.11. The van der Waals surface area contributed by atoms with E-state index in [1.165, 1.54) is 0 Å². The summed E-state index contributed by atoms with van der Waals surface area (Å²) in [5.41, 5.74) is 3.80. The Labute approximate surface area is 109 Å². The number of benzene rings is 2. The van der Waals surface area contributed by atoms with Gasteiger partial charge in [0.1, 0.15) is 0 Å². The minimum atomic E-state index is 0.671. The zero-order valence-electron chi connectivity index (χ0n) is 9.44. The van der Waals surface area contributed by atoms with Crippen LogP contribution < -0.4 is 0 Å². The molecule has 0 saturated heterocycles. The number of nitrogens with one attached hydrogen (secondary N) is 1. The van der Waals surface area contributed by atoms with E-state index in [2.05, 4.69) is 11.1 Å². The predicted molar refractivity (Wildman–Crippen MR) is 73.5 cm³/mol. The van der Waals surface area contributed by atoms with Crippen LogP contribution in [0.4, 0.5) is 0 Å². The lowest BCUT2D eigenvalue weighted by Gasteiger charge is -1.96. The first-order valence-electron chi connectivity index (χ1n) is 5.55. The van der Waals surface area contributed by atoms with Crippen LogP contribution in [0.2, 0.25) is 5.02 Å². The van der Waals surface area contributed by atoms with Crippen LogP contribution in [0.15, 0.2) is 48.5 Å². The molecule has 3 aromatic rings. The second-order valence-electron chi connectivity index (χ2n) is 4.10. The summed E-state index contributed by atoms with van der Waals surface area (Å²) in [5.74, 6) is 0. The maximum atomic E-state index is 8.88. The summed E-state index contributed by atoms with van der Waals surface area (Å²) in [6.07, 6.45) is 0. The fourth-order valence-electron chi connectivity index (χ4n) is 1.99. The lowest BCUT2D eigenvalue weighted by Crippen LogP contribution is -1.75. The highest BCUT2D eigenvalue weighted by atomic mass is 35.5. The van der Waals surface area contributed by atoms with Gasteiger partial charge in [-0.3, -0.25) is 0 Å². The number of aromatic amines is 1. The molecule has 0 aliphatic heterocycles. The minimum absolute atomic E-state index is 0.671. The summed E-state index contributed by atoms with van der Waals surface area (Å²) in [6.45, 7) is 0. The maximum absolute atomic E-state index is 8.88. The Morgan fingerprint density at radius 1 is 1.00 bits per heavy atom. The zero-order chi connectivity index (χ0) is 12.5. The highest BCUT2D eigenvalue weighted by Crippen LogP contribution is 2.25. The SMILES string of the molecule is N#Cc1ccc2[nH]c(-c3ccc(Cl)cc3)cc2c1. The van der Waals surface area contributed by atoms with Gasteiger partial charge in [-0.15, -0.1) is 0 Å². The van der Waals surface area contributed by atoms with Gasteiger partial charge in [0, 0.05) is 21.6 Å². The van der Waals surface area contributed by atoms with Crippen molar-refractivity contribution in [3.8, 4) is 17.3 Å². The molecule has 0 aliphatic rings. The predicted octanol–water partition coefficient (Wildman–Crippen LogP) is 4.36. The lowest BCUT2D eigenvalue weighted by molar-refractivity contribution is 1.45. The van der Waals surface area contributed by atoms with Gasteiger partial charge in [-0.1, -0.05) is 23.7 Å². The fraction of sp³-hybridized carbons (Fsp3) is 0. The molecule has 0 bridgehead atoms. The number of hydrogen-bond acceptors (Lipinski definition) is 1. The molecule has 3 rings (SSSR count). The summed E-state index contributed by atoms with van der Waals surface area (Å²) in [7, 11) is 0. The van der Waals surface area contributed by atoms with E-state index in [-0.39, 0.29) is 0 Å². The molecule has 0 atom stereocenters. The molecule has 0 aliphatic carbocycles. The van der Waals surface area contributed by atoms with E-state index in [9.17, 15) is 0 Å². The Morgan fingerprint density at radius 3 is 2.50 bits per heavy atom. The monoisotopic (exact) mass is 252 g/mol. The normalized spacial score (nSPS) is 10.4. The number of hydrogen-bond donors (Lipinski definition) is 1. The van der Waals surface area contributed by atoms with Crippen molar-refractivity contribution in [1.82, 2.24) is 4.98 Å². The first-order valence-corrected chi connectivity index (χ1v) is 5.93. The zero-order valence-corrected chi connectivity index (χ0v) is 10.2. The van der Waals surface area contributed by atoms with Crippen molar-refractivity contribution in [1.29, 1.82) is 5.26 Å². The van der Waals surface area contributed by atoms with Gasteiger partial charge < -0.3 is 4.98 Å². The van der Waals surface area contributed by atoms with Crippen LogP contribution >= 0.6 is 11.6 Å². The van der Waals surface area contributed by atoms with E-state index in [1.807, 2.05) is 48.5 Å². The van der Waals surface area contributed by atoms with E-state index in [0.717, 1.165) is 27.2 Å². The lowest BCUT2D eigenvalue weighted by atomic mass is 10.1. The Morgan fingerprint density at radius 2 is 1.78 bits per heavy atom. The van der Waals surface area contributed by atoms with E-state index in [4.69, 9.17) is 16.9 Å². The number of halogens is 1. The van der Waals surface area contributed by atoms with Gasteiger partial charge in [0.05, 0.1) is 11.6 Å². The second-order valence-corrected chi connectivity index (χ2v) is 4.54. The first-order chi connectivity index (χ1) is 8.76. The van der Waals surface area contributed by atoms with Gasteiger partial charge in [-0.25, -0.2) is 0 Å². The molecule has 0 fully saturated rings. The molecule has 1 N–H and O–H groups in total. The maximum Gasteiger partial charge on any atom is 0.0991 e. The summed E-state index contributed by atoms with van der Waals surface area (Å²) < 4.78 is 0. The molecular formula is C15H9ClN2. The van der Waals surface area contributed by atoms with Crippen molar-refractivity contribution in [3.63, 3.8) is 0 Å². The summed E-state index contributed by atoms with van der Waals surface area (Å²) in [5, 5.41) is 10.6. The number of H-pyrrole nitrogens is 1. The number of fused-ring (bicyclic) bond motifs is 1. The van der Waals surface area contributed by atoms with Crippen LogP contribution in [0.3, 0.4) is 0 Å². The molecular weight excluding hydrogens is 244 g/mol. The number of nitrogens with zero attached hydrogens (tertiary/aromatic N) is 1. The summed E-state index contributed by atoms with van der Waals surface area (Å²) in [6, 6.07) is 17.5. The third-order valence-electron chi connectivity index (χ3n) is 2.91. The Hall–Kier alpha value is -2.24. The van der Waals surface area contributed by atoms with Crippen molar-refractivity contribution in [2.45, 2.75) is 0 Å². The Kier molecular flexibility index (Phi) is 2.55. The molecule has 86 valence electrons. The van der Waals surface area contributed by atoms with Gasteiger partial charge in [0.2, 0.25) is 0 Å². The Balaban J connectivity index is 2.13. The average Bonchev–Trinajstić information content (AvgIpc) is 2.82. The van der Waals surface area contributed by atoms with Gasteiger partial charge >= 0.3 is 0 Å². The summed E-state index contributed by atoms with van der Waals surface area (Å²) in [4.78, 5) is 3.33. The van der Waals surface area contributed by atoms with E-state index in [1.54, 1.807) is 0 Å². The number of rotatable bonds is 1. The molecule has 1 aromatic heterocycles. The summed E-state index contributed by atoms with van der Waals surface area (Å²) >= 11 is 5.87. The largest absolute Gasteiger partial charge is 0.355 e.